The molecule has 1 fully saturated rings. The maximum Gasteiger partial charge on any atom is 0.241 e. The molecular weight excluding hydrogens is 300 g/mol. The minimum Gasteiger partial charge on any atom is -0.325 e. The van der Waals surface area contributed by atoms with E-state index in [9.17, 15) is 4.79 Å². The van der Waals surface area contributed by atoms with E-state index in [4.69, 9.17) is 11.5 Å². The van der Waals surface area contributed by atoms with E-state index >= 15 is 0 Å². The van der Waals surface area contributed by atoms with E-state index in [1.165, 1.54) is 0 Å². The molecule has 0 aromatic heterocycles. The minimum absolute atomic E-state index is 0.0420. The molecule has 5 heteroatoms. The number of carbonyl (C=O) groups is 1. The zero-order chi connectivity index (χ0) is 17.1. The van der Waals surface area contributed by atoms with E-state index in [1.54, 1.807) is 0 Å². The molecule has 0 spiro atoms. The molecule has 3 rings (SSSR count). The fourth-order valence-corrected chi connectivity index (χ4v) is 3.07. The van der Waals surface area contributed by atoms with Gasteiger partial charge in [0.2, 0.25) is 5.91 Å². The molecule has 5 nitrogen and oxygen atoms in total. The highest BCUT2D eigenvalue weighted by Gasteiger charge is 2.33. The number of hydrogen-bond donors (Lipinski definition) is 3. The Kier molecular flexibility index (Phi) is 4.94. The van der Waals surface area contributed by atoms with Crippen molar-refractivity contribution in [1.29, 1.82) is 0 Å². The predicted molar refractivity (Wildman–Crippen MR) is 97.5 cm³/mol. The van der Waals surface area contributed by atoms with Crippen LogP contribution in [-0.4, -0.2) is 42.0 Å². The fraction of sp³-hybridized carbons (Fsp3) is 0.316. The summed E-state index contributed by atoms with van der Waals surface area (Å²) in [6.07, 6.45) is 0. The van der Waals surface area contributed by atoms with Crippen LogP contribution in [0.25, 0.3) is 11.1 Å². The Balaban J connectivity index is 1.76. The van der Waals surface area contributed by atoms with Gasteiger partial charge in [0, 0.05) is 36.4 Å². The Morgan fingerprint density at radius 3 is 2.29 bits per heavy atom. The van der Waals surface area contributed by atoms with Crippen molar-refractivity contribution >= 4 is 11.6 Å². The highest BCUT2D eigenvalue weighted by molar-refractivity contribution is 5.98. The molecule has 0 saturated carbocycles. The summed E-state index contributed by atoms with van der Waals surface area (Å²) in [7, 11) is 0. The van der Waals surface area contributed by atoms with Gasteiger partial charge < -0.3 is 16.8 Å². The van der Waals surface area contributed by atoms with E-state index < -0.39 is 0 Å². The number of para-hydroxylation sites is 1. The van der Waals surface area contributed by atoms with Crippen LogP contribution >= 0.6 is 0 Å². The summed E-state index contributed by atoms with van der Waals surface area (Å²) in [4.78, 5) is 14.7. The first-order chi connectivity index (χ1) is 11.6. The lowest BCUT2D eigenvalue weighted by atomic mass is 10.0. The first-order valence-electron chi connectivity index (χ1n) is 8.27. The molecule has 2 aromatic carbocycles. The lowest BCUT2D eigenvalue weighted by molar-refractivity contribution is -0.120. The van der Waals surface area contributed by atoms with Crippen LogP contribution in [0.5, 0.6) is 0 Å². The zero-order valence-electron chi connectivity index (χ0n) is 13.9. The second-order valence-corrected chi connectivity index (χ2v) is 6.36. The summed E-state index contributed by atoms with van der Waals surface area (Å²) in [5, 5.41) is 3.05. The van der Waals surface area contributed by atoms with Gasteiger partial charge in [-0.15, -0.1) is 0 Å². The molecule has 1 saturated heterocycles. The second-order valence-electron chi connectivity index (χ2n) is 6.36. The normalized spacial score (nSPS) is 22.3. The average Bonchev–Trinajstić information content (AvgIpc) is 2.94. The highest BCUT2D eigenvalue weighted by Crippen LogP contribution is 2.27. The van der Waals surface area contributed by atoms with Crippen molar-refractivity contribution in [2.45, 2.75) is 25.0 Å². The maximum atomic E-state index is 12.7. The van der Waals surface area contributed by atoms with Gasteiger partial charge in [-0.25, -0.2) is 0 Å². The minimum atomic E-state index is -0.270. The molecule has 1 amide bonds. The van der Waals surface area contributed by atoms with Gasteiger partial charge in [-0.2, -0.15) is 0 Å². The third-order valence-electron chi connectivity index (χ3n) is 4.64. The van der Waals surface area contributed by atoms with Crippen LogP contribution in [-0.2, 0) is 4.79 Å². The summed E-state index contributed by atoms with van der Waals surface area (Å²) >= 11 is 0. The largest absolute Gasteiger partial charge is 0.325 e. The molecule has 1 unspecified atom stereocenters. The molecule has 5 N–H and O–H groups in total. The van der Waals surface area contributed by atoms with Gasteiger partial charge in [0.15, 0.2) is 0 Å². The lowest BCUT2D eigenvalue weighted by Crippen LogP contribution is -2.42. The van der Waals surface area contributed by atoms with E-state index in [-0.39, 0.29) is 24.0 Å². The quantitative estimate of drug-likeness (QED) is 0.798. The number of anilines is 1. The number of nitrogens with zero attached hydrogens (tertiary/aromatic N) is 1. The summed E-state index contributed by atoms with van der Waals surface area (Å²) in [6.45, 7) is 3.19. The van der Waals surface area contributed by atoms with E-state index in [1.807, 2.05) is 66.4 Å². The van der Waals surface area contributed by atoms with Crippen molar-refractivity contribution < 1.29 is 4.79 Å². The Hall–Kier alpha value is -2.21. The number of benzene rings is 2. The third kappa shape index (κ3) is 3.48. The Bertz CT molecular complexity index is 694. The molecule has 0 bridgehead atoms. The van der Waals surface area contributed by atoms with Crippen LogP contribution in [0.4, 0.5) is 5.69 Å². The average molecular weight is 324 g/mol. The van der Waals surface area contributed by atoms with Crippen molar-refractivity contribution in [3.63, 3.8) is 0 Å². The molecule has 0 aliphatic carbocycles. The maximum absolute atomic E-state index is 12.7. The van der Waals surface area contributed by atoms with Crippen molar-refractivity contribution in [3.05, 3.63) is 54.6 Å². The van der Waals surface area contributed by atoms with Gasteiger partial charge in [-0.05, 0) is 18.6 Å². The molecule has 24 heavy (non-hydrogen) atoms. The van der Waals surface area contributed by atoms with Crippen molar-refractivity contribution in [3.8, 4) is 11.1 Å². The van der Waals surface area contributed by atoms with Crippen LogP contribution in [0.1, 0.15) is 6.92 Å². The van der Waals surface area contributed by atoms with Gasteiger partial charge in [-0.3, -0.25) is 9.69 Å². The molecule has 2 aromatic rings. The Morgan fingerprint density at radius 1 is 1.04 bits per heavy atom. The molecule has 126 valence electrons. The fourth-order valence-electron chi connectivity index (χ4n) is 3.07. The Morgan fingerprint density at radius 2 is 1.62 bits per heavy atom. The van der Waals surface area contributed by atoms with Gasteiger partial charge in [0.25, 0.3) is 0 Å². The number of hydrogen-bond acceptors (Lipinski definition) is 4. The number of nitrogens with two attached hydrogens (primary N) is 2. The first-order valence-corrected chi connectivity index (χ1v) is 8.27. The van der Waals surface area contributed by atoms with Gasteiger partial charge in [-0.1, -0.05) is 48.5 Å². The first kappa shape index (κ1) is 16.6. The summed E-state index contributed by atoms with van der Waals surface area (Å²) < 4.78 is 0. The van der Waals surface area contributed by atoms with Crippen molar-refractivity contribution in [2.75, 3.05) is 18.4 Å². The number of amides is 1. The SMILES string of the molecule is CC(C(=O)Nc1ccccc1-c1ccccc1)N1C[C@@H](N)[C@H](N)C1. The number of nitrogens with one attached hydrogen (secondary N) is 1. The third-order valence-corrected chi connectivity index (χ3v) is 4.64. The topological polar surface area (TPSA) is 84.4 Å². The molecule has 1 aliphatic heterocycles. The number of carbonyl (C=O) groups excluding carboxylic acids is 1. The van der Waals surface area contributed by atoms with Gasteiger partial charge >= 0.3 is 0 Å². The standard InChI is InChI=1S/C19H24N4O/c1-13(23-11-16(20)17(21)12-23)19(24)22-18-10-6-5-9-15(18)14-7-3-2-4-8-14/h2-10,13,16-17H,11-12,20-21H2,1H3,(H,22,24)/t13?,16-,17-/m1/s1. The zero-order valence-corrected chi connectivity index (χ0v) is 13.9. The predicted octanol–water partition coefficient (Wildman–Crippen LogP) is 1.65. The molecule has 0 radical (unpaired) electrons. The van der Waals surface area contributed by atoms with E-state index in [0.717, 1.165) is 16.8 Å². The summed E-state index contributed by atoms with van der Waals surface area (Å²) in [5.41, 5.74) is 14.8. The van der Waals surface area contributed by atoms with Crippen LogP contribution in [0.15, 0.2) is 54.6 Å². The molecule has 3 atom stereocenters. The smallest absolute Gasteiger partial charge is 0.241 e. The van der Waals surface area contributed by atoms with Crippen LogP contribution in [0.3, 0.4) is 0 Å². The van der Waals surface area contributed by atoms with Crippen LogP contribution in [0, 0.1) is 0 Å². The molecule has 1 heterocycles. The Labute approximate surface area is 142 Å². The van der Waals surface area contributed by atoms with Crippen LogP contribution < -0.4 is 16.8 Å². The lowest BCUT2D eigenvalue weighted by Gasteiger charge is -2.23. The number of likely N-dealkylation sites (tertiary alicyclic amines) is 1. The summed E-state index contributed by atoms with van der Waals surface area (Å²) in [6, 6.07) is 17.4. The molecular formula is C19H24N4O. The highest BCUT2D eigenvalue weighted by atomic mass is 16.2. The van der Waals surface area contributed by atoms with Crippen LogP contribution in [0.2, 0.25) is 0 Å². The second kappa shape index (κ2) is 7.13. The van der Waals surface area contributed by atoms with Crippen molar-refractivity contribution in [2.24, 2.45) is 11.5 Å². The molecule has 1 aliphatic rings. The van der Waals surface area contributed by atoms with Crippen molar-refractivity contribution in [1.82, 2.24) is 4.90 Å². The van der Waals surface area contributed by atoms with E-state index in [2.05, 4.69) is 5.32 Å². The van der Waals surface area contributed by atoms with Gasteiger partial charge in [0.1, 0.15) is 0 Å². The van der Waals surface area contributed by atoms with Gasteiger partial charge in [0.05, 0.1) is 6.04 Å². The monoisotopic (exact) mass is 324 g/mol. The number of rotatable bonds is 4. The van der Waals surface area contributed by atoms with E-state index in [0.29, 0.717) is 13.1 Å². The summed E-state index contributed by atoms with van der Waals surface area (Å²) in [5.74, 6) is -0.0420.